The molecule has 0 unspecified atom stereocenters. The molecule has 8 heteroatoms. The van der Waals surface area contributed by atoms with Crippen LogP contribution in [-0.4, -0.2) is 17.6 Å². The Balaban J connectivity index is 1.83. The van der Waals surface area contributed by atoms with E-state index in [4.69, 9.17) is 21.1 Å². The lowest BCUT2D eigenvalue weighted by Crippen LogP contribution is -2.13. The number of nitriles is 1. The van der Waals surface area contributed by atoms with Crippen LogP contribution < -0.4 is 14.8 Å². The summed E-state index contributed by atoms with van der Waals surface area (Å²) in [4.78, 5) is 12.5. The highest BCUT2D eigenvalue weighted by Crippen LogP contribution is 2.35. The third kappa shape index (κ3) is 6.88. The van der Waals surface area contributed by atoms with Crippen LogP contribution in [0.15, 0.2) is 66.2 Å². The van der Waals surface area contributed by atoms with Gasteiger partial charge < -0.3 is 19.9 Å². The second-order valence-corrected chi connectivity index (χ2v) is 8.45. The van der Waals surface area contributed by atoms with E-state index in [9.17, 15) is 15.2 Å². The molecular formula is C25H20ClIN2O4. The zero-order valence-electron chi connectivity index (χ0n) is 17.6. The number of nitrogens with zero attached hydrogens (tertiary/aromatic N) is 1. The first-order valence-electron chi connectivity index (χ1n) is 9.95. The molecule has 0 aliphatic heterocycles. The fraction of sp³-hybridized carbons (Fsp3) is 0.120. The minimum atomic E-state index is -0.556. The van der Waals surface area contributed by atoms with E-state index in [-0.39, 0.29) is 11.3 Å². The first-order chi connectivity index (χ1) is 15.9. The van der Waals surface area contributed by atoms with Gasteiger partial charge in [0, 0.05) is 10.7 Å². The molecule has 0 saturated heterocycles. The highest BCUT2D eigenvalue weighted by Gasteiger charge is 2.15. The third-order valence-corrected chi connectivity index (χ3v) is 5.48. The van der Waals surface area contributed by atoms with Crippen molar-refractivity contribution in [2.75, 3.05) is 11.9 Å². The summed E-state index contributed by atoms with van der Waals surface area (Å²) < 4.78 is 12.5. The average Bonchev–Trinajstić information content (AvgIpc) is 2.79. The van der Waals surface area contributed by atoms with E-state index < -0.39 is 5.91 Å². The molecule has 3 aromatic carbocycles. The van der Waals surface area contributed by atoms with Gasteiger partial charge in [0.05, 0.1) is 10.2 Å². The minimum Gasteiger partial charge on any atom is -0.508 e. The van der Waals surface area contributed by atoms with Crippen LogP contribution in [0.2, 0.25) is 5.02 Å². The number of carbonyl (C=O) groups is 1. The van der Waals surface area contributed by atoms with Gasteiger partial charge in [-0.15, -0.1) is 0 Å². The van der Waals surface area contributed by atoms with Crippen LogP contribution >= 0.6 is 34.2 Å². The summed E-state index contributed by atoms with van der Waals surface area (Å²) in [6, 6.07) is 18.8. The van der Waals surface area contributed by atoms with Crippen LogP contribution in [0.5, 0.6) is 17.2 Å². The SMILES string of the molecule is CCOc1cc(/C=C(/C#N)C(=O)Nc2ccc(O)cc2)cc(I)c1OCc1ccc(Cl)cc1. The number of carbonyl (C=O) groups excluding carboxylic acids is 1. The van der Waals surface area contributed by atoms with Gasteiger partial charge in [-0.05, 0) is 95.2 Å². The van der Waals surface area contributed by atoms with Crippen LogP contribution in [0.4, 0.5) is 5.69 Å². The molecule has 168 valence electrons. The van der Waals surface area contributed by atoms with E-state index >= 15 is 0 Å². The number of ether oxygens (including phenoxy) is 2. The van der Waals surface area contributed by atoms with E-state index in [1.165, 1.54) is 18.2 Å². The van der Waals surface area contributed by atoms with Gasteiger partial charge in [-0.25, -0.2) is 0 Å². The molecule has 0 fully saturated rings. The van der Waals surface area contributed by atoms with Gasteiger partial charge in [-0.2, -0.15) is 5.26 Å². The average molecular weight is 575 g/mol. The zero-order valence-corrected chi connectivity index (χ0v) is 20.6. The van der Waals surface area contributed by atoms with E-state index in [1.807, 2.05) is 31.2 Å². The van der Waals surface area contributed by atoms with Gasteiger partial charge in [0.25, 0.3) is 5.91 Å². The highest BCUT2D eigenvalue weighted by molar-refractivity contribution is 14.1. The molecular weight excluding hydrogens is 555 g/mol. The molecule has 0 heterocycles. The van der Waals surface area contributed by atoms with Crippen LogP contribution in [0.3, 0.4) is 0 Å². The third-order valence-electron chi connectivity index (χ3n) is 4.43. The van der Waals surface area contributed by atoms with Gasteiger partial charge in [-0.3, -0.25) is 4.79 Å². The number of phenols is 1. The Morgan fingerprint density at radius 3 is 2.48 bits per heavy atom. The molecule has 6 nitrogen and oxygen atoms in total. The molecule has 0 radical (unpaired) electrons. The van der Waals surface area contributed by atoms with E-state index in [0.717, 1.165) is 9.13 Å². The zero-order chi connectivity index (χ0) is 23.8. The number of anilines is 1. The Morgan fingerprint density at radius 1 is 1.15 bits per heavy atom. The molecule has 0 aliphatic carbocycles. The summed E-state index contributed by atoms with van der Waals surface area (Å²) in [5.74, 6) is 0.622. The Hall–Kier alpha value is -3.22. The quantitative estimate of drug-likeness (QED) is 0.145. The predicted octanol–water partition coefficient (Wildman–Crippen LogP) is 6.17. The second kappa shape index (κ2) is 11.6. The lowest BCUT2D eigenvalue weighted by molar-refractivity contribution is -0.112. The summed E-state index contributed by atoms with van der Waals surface area (Å²) >= 11 is 8.07. The molecule has 0 bridgehead atoms. The summed E-state index contributed by atoms with van der Waals surface area (Å²) in [6.45, 7) is 2.62. The molecule has 0 spiro atoms. The minimum absolute atomic E-state index is 0.0730. The first kappa shape index (κ1) is 24.4. The predicted molar refractivity (Wildman–Crippen MR) is 136 cm³/mol. The normalized spacial score (nSPS) is 10.9. The van der Waals surface area contributed by atoms with Crippen LogP contribution in [-0.2, 0) is 11.4 Å². The number of nitrogens with one attached hydrogen (secondary N) is 1. The lowest BCUT2D eigenvalue weighted by atomic mass is 10.1. The molecule has 0 aromatic heterocycles. The van der Waals surface area contributed by atoms with Gasteiger partial charge in [0.15, 0.2) is 11.5 Å². The number of halogens is 2. The summed E-state index contributed by atoms with van der Waals surface area (Å²) in [7, 11) is 0. The number of aromatic hydroxyl groups is 1. The van der Waals surface area contributed by atoms with Crippen molar-refractivity contribution in [2.24, 2.45) is 0 Å². The van der Waals surface area contributed by atoms with Crippen molar-refractivity contribution < 1.29 is 19.4 Å². The lowest BCUT2D eigenvalue weighted by Gasteiger charge is -2.15. The van der Waals surface area contributed by atoms with Crippen molar-refractivity contribution in [1.29, 1.82) is 5.26 Å². The Kier molecular flexibility index (Phi) is 8.58. The number of amides is 1. The molecule has 0 atom stereocenters. The number of benzene rings is 3. The Morgan fingerprint density at radius 2 is 1.85 bits per heavy atom. The highest BCUT2D eigenvalue weighted by atomic mass is 127. The summed E-state index contributed by atoms with van der Waals surface area (Å²) in [5.41, 5.74) is 1.98. The van der Waals surface area contributed by atoms with E-state index in [0.29, 0.717) is 41.0 Å². The maximum Gasteiger partial charge on any atom is 0.266 e. The molecule has 33 heavy (non-hydrogen) atoms. The molecule has 2 N–H and O–H groups in total. The second-order valence-electron chi connectivity index (χ2n) is 6.85. The monoisotopic (exact) mass is 574 g/mol. The smallest absolute Gasteiger partial charge is 0.266 e. The fourth-order valence-electron chi connectivity index (χ4n) is 2.87. The van der Waals surface area contributed by atoms with Gasteiger partial charge in [0.1, 0.15) is 24.0 Å². The molecule has 0 aliphatic rings. The van der Waals surface area contributed by atoms with Crippen molar-refractivity contribution >= 4 is 51.9 Å². The summed E-state index contributed by atoms with van der Waals surface area (Å²) in [5, 5.41) is 22.2. The maximum atomic E-state index is 12.5. The molecule has 3 rings (SSSR count). The van der Waals surface area contributed by atoms with Crippen molar-refractivity contribution in [1.82, 2.24) is 0 Å². The Labute approximate surface area is 210 Å². The molecule has 0 saturated carbocycles. The standard InChI is InChI=1S/C25H20ClIN2O4/c1-2-32-23-13-17(11-18(14-28)25(31)29-20-7-9-21(30)10-8-20)12-22(27)24(23)33-15-16-3-5-19(26)6-4-16/h3-13,30H,2,15H2,1H3,(H,29,31)/b18-11-. The Bertz CT molecular complexity index is 1200. The molecule has 1 amide bonds. The fourth-order valence-corrected chi connectivity index (χ4v) is 3.78. The largest absolute Gasteiger partial charge is 0.508 e. The van der Waals surface area contributed by atoms with Gasteiger partial charge in [-0.1, -0.05) is 23.7 Å². The van der Waals surface area contributed by atoms with Crippen molar-refractivity contribution in [3.05, 3.63) is 86.0 Å². The van der Waals surface area contributed by atoms with Crippen molar-refractivity contribution in [2.45, 2.75) is 13.5 Å². The summed E-state index contributed by atoms with van der Waals surface area (Å²) in [6.07, 6.45) is 1.49. The van der Waals surface area contributed by atoms with E-state index in [2.05, 4.69) is 27.9 Å². The number of phenolic OH excluding ortho intramolecular Hbond substituents is 1. The van der Waals surface area contributed by atoms with Gasteiger partial charge in [0.2, 0.25) is 0 Å². The number of hydrogen-bond donors (Lipinski definition) is 2. The first-order valence-corrected chi connectivity index (χ1v) is 11.4. The van der Waals surface area contributed by atoms with Crippen LogP contribution in [0.1, 0.15) is 18.1 Å². The van der Waals surface area contributed by atoms with Crippen molar-refractivity contribution in [3.63, 3.8) is 0 Å². The maximum absolute atomic E-state index is 12.5. The topological polar surface area (TPSA) is 91.6 Å². The molecule has 3 aromatic rings. The number of rotatable bonds is 8. The van der Waals surface area contributed by atoms with Crippen LogP contribution in [0.25, 0.3) is 6.08 Å². The van der Waals surface area contributed by atoms with Crippen LogP contribution in [0, 0.1) is 14.9 Å². The van der Waals surface area contributed by atoms with Crippen molar-refractivity contribution in [3.8, 4) is 23.3 Å². The van der Waals surface area contributed by atoms with Gasteiger partial charge >= 0.3 is 0 Å². The number of hydrogen-bond acceptors (Lipinski definition) is 5. The van der Waals surface area contributed by atoms with E-state index in [1.54, 1.807) is 30.3 Å².